The lowest BCUT2D eigenvalue weighted by molar-refractivity contribution is 0.226. The Kier molecular flexibility index (Phi) is 7.51. The Morgan fingerprint density at radius 2 is 1.96 bits per heavy atom. The Bertz CT molecular complexity index is 624. The number of aromatic nitrogens is 1. The van der Waals surface area contributed by atoms with Crippen LogP contribution in [0.4, 0.5) is 0 Å². The first-order valence-corrected chi connectivity index (χ1v) is 9.30. The fourth-order valence-corrected chi connectivity index (χ4v) is 2.70. The second-order valence-electron chi connectivity index (χ2n) is 7.08. The van der Waals surface area contributed by atoms with E-state index < -0.39 is 0 Å². The zero-order chi connectivity index (χ0) is 17.4. The number of nitrogens with zero attached hydrogens (tertiary/aromatic N) is 2. The Morgan fingerprint density at radius 3 is 2.71 bits per heavy atom. The number of likely N-dealkylation sites (N-methyl/N-ethyl adjacent to an activating group) is 1. The molecule has 0 aliphatic rings. The summed E-state index contributed by atoms with van der Waals surface area (Å²) in [6.07, 6.45) is 4.60. The molecule has 1 aromatic carbocycles. The Morgan fingerprint density at radius 1 is 1.17 bits per heavy atom. The lowest BCUT2D eigenvalue weighted by Crippen LogP contribution is -2.26. The van der Waals surface area contributed by atoms with Crippen molar-refractivity contribution in [3.05, 3.63) is 36.0 Å². The number of ether oxygens (including phenoxy) is 1. The summed E-state index contributed by atoms with van der Waals surface area (Å²) in [5.41, 5.74) is 1.14. The molecular formula is C21H32N2O. The molecule has 0 atom stereocenters. The average Bonchev–Trinajstić information content (AvgIpc) is 2.58. The molecule has 0 aliphatic heterocycles. The van der Waals surface area contributed by atoms with Gasteiger partial charge in [0.2, 0.25) is 5.88 Å². The van der Waals surface area contributed by atoms with E-state index in [1.54, 1.807) is 0 Å². The standard InChI is InChI=1S/C21H32N2O/c1-5-6-10-19-16-18-9-7-8-11-20(18)21(22-19)24-15-14-23(4)13-12-17(2)3/h7-9,11,16-17H,5-6,10,12-15H2,1-4H3. The van der Waals surface area contributed by atoms with Gasteiger partial charge in [0.05, 0.1) is 0 Å². The van der Waals surface area contributed by atoms with E-state index in [1.165, 1.54) is 24.6 Å². The molecule has 0 amide bonds. The Labute approximate surface area is 147 Å². The molecule has 0 bridgehead atoms. The van der Waals surface area contributed by atoms with Crippen LogP contribution in [0.15, 0.2) is 30.3 Å². The molecular weight excluding hydrogens is 296 g/mol. The summed E-state index contributed by atoms with van der Waals surface area (Å²) < 4.78 is 6.06. The van der Waals surface area contributed by atoms with Crippen LogP contribution in [0.5, 0.6) is 5.88 Å². The summed E-state index contributed by atoms with van der Waals surface area (Å²) in [4.78, 5) is 7.11. The van der Waals surface area contributed by atoms with Gasteiger partial charge in [-0.3, -0.25) is 0 Å². The van der Waals surface area contributed by atoms with Crippen molar-refractivity contribution in [1.29, 1.82) is 0 Å². The highest BCUT2D eigenvalue weighted by atomic mass is 16.5. The molecule has 0 fully saturated rings. The minimum atomic E-state index is 0.683. The lowest BCUT2D eigenvalue weighted by atomic mass is 10.1. The van der Waals surface area contributed by atoms with E-state index in [1.807, 2.05) is 0 Å². The highest BCUT2D eigenvalue weighted by molar-refractivity contribution is 5.87. The van der Waals surface area contributed by atoms with Gasteiger partial charge in [0.25, 0.3) is 0 Å². The number of rotatable bonds is 10. The lowest BCUT2D eigenvalue weighted by Gasteiger charge is -2.18. The molecule has 3 heteroatoms. The van der Waals surface area contributed by atoms with Gasteiger partial charge in [-0.25, -0.2) is 4.98 Å². The molecule has 3 nitrogen and oxygen atoms in total. The van der Waals surface area contributed by atoms with E-state index in [9.17, 15) is 0 Å². The van der Waals surface area contributed by atoms with Crippen molar-refractivity contribution in [2.45, 2.75) is 46.5 Å². The predicted octanol–water partition coefficient (Wildman–Crippen LogP) is 4.93. The number of benzene rings is 1. The van der Waals surface area contributed by atoms with E-state index in [-0.39, 0.29) is 0 Å². The van der Waals surface area contributed by atoms with Crippen molar-refractivity contribution in [3.63, 3.8) is 0 Å². The van der Waals surface area contributed by atoms with Crippen LogP contribution in [0.1, 0.15) is 45.7 Å². The molecule has 0 N–H and O–H groups in total. The first-order valence-electron chi connectivity index (χ1n) is 9.30. The molecule has 0 aliphatic carbocycles. The number of hydrogen-bond donors (Lipinski definition) is 0. The number of pyridine rings is 1. The van der Waals surface area contributed by atoms with E-state index in [4.69, 9.17) is 9.72 Å². The second kappa shape index (κ2) is 9.63. The molecule has 2 rings (SSSR count). The third kappa shape index (κ3) is 5.79. The fraction of sp³-hybridized carbons (Fsp3) is 0.571. The molecule has 0 saturated heterocycles. The van der Waals surface area contributed by atoms with Crippen LogP contribution in [-0.2, 0) is 6.42 Å². The van der Waals surface area contributed by atoms with E-state index in [0.29, 0.717) is 6.61 Å². The largest absolute Gasteiger partial charge is 0.476 e. The van der Waals surface area contributed by atoms with Gasteiger partial charge < -0.3 is 9.64 Å². The summed E-state index contributed by atoms with van der Waals surface area (Å²) in [6.45, 7) is 9.48. The van der Waals surface area contributed by atoms with Crippen molar-refractivity contribution >= 4 is 10.8 Å². The predicted molar refractivity (Wildman–Crippen MR) is 103 cm³/mol. The van der Waals surface area contributed by atoms with Crippen molar-refractivity contribution in [1.82, 2.24) is 9.88 Å². The monoisotopic (exact) mass is 328 g/mol. The second-order valence-corrected chi connectivity index (χ2v) is 7.08. The van der Waals surface area contributed by atoms with Gasteiger partial charge in [0, 0.05) is 17.6 Å². The molecule has 0 spiro atoms. The van der Waals surface area contributed by atoms with Gasteiger partial charge >= 0.3 is 0 Å². The van der Waals surface area contributed by atoms with Crippen molar-refractivity contribution in [2.24, 2.45) is 5.92 Å². The van der Waals surface area contributed by atoms with Gasteiger partial charge in [-0.2, -0.15) is 0 Å². The first-order chi connectivity index (χ1) is 11.6. The van der Waals surface area contributed by atoms with E-state index in [0.717, 1.165) is 42.4 Å². The van der Waals surface area contributed by atoms with Crippen LogP contribution >= 0.6 is 0 Å². The zero-order valence-corrected chi connectivity index (χ0v) is 15.7. The van der Waals surface area contributed by atoms with Crippen molar-refractivity contribution in [3.8, 4) is 5.88 Å². The van der Waals surface area contributed by atoms with Gasteiger partial charge in [-0.05, 0) is 56.3 Å². The van der Waals surface area contributed by atoms with Crippen LogP contribution < -0.4 is 4.74 Å². The number of fused-ring (bicyclic) bond motifs is 1. The van der Waals surface area contributed by atoms with Crippen molar-refractivity contribution < 1.29 is 4.74 Å². The molecule has 1 heterocycles. The maximum atomic E-state index is 6.06. The topological polar surface area (TPSA) is 25.4 Å². The van der Waals surface area contributed by atoms with Crippen LogP contribution in [0, 0.1) is 5.92 Å². The van der Waals surface area contributed by atoms with Gasteiger partial charge in [-0.15, -0.1) is 0 Å². The minimum Gasteiger partial charge on any atom is -0.476 e. The minimum absolute atomic E-state index is 0.683. The maximum absolute atomic E-state index is 6.06. The molecule has 0 radical (unpaired) electrons. The maximum Gasteiger partial charge on any atom is 0.221 e. The highest BCUT2D eigenvalue weighted by Crippen LogP contribution is 2.25. The van der Waals surface area contributed by atoms with Crippen molar-refractivity contribution in [2.75, 3.05) is 26.7 Å². The number of hydrogen-bond acceptors (Lipinski definition) is 3. The quantitative estimate of drug-likeness (QED) is 0.618. The van der Waals surface area contributed by atoms with Crippen LogP contribution in [0.2, 0.25) is 0 Å². The molecule has 2 aromatic rings. The average molecular weight is 329 g/mol. The Balaban J connectivity index is 2.01. The third-order valence-electron chi connectivity index (χ3n) is 4.34. The highest BCUT2D eigenvalue weighted by Gasteiger charge is 2.08. The van der Waals surface area contributed by atoms with Gasteiger partial charge in [0.1, 0.15) is 6.61 Å². The first kappa shape index (κ1) is 18.7. The summed E-state index contributed by atoms with van der Waals surface area (Å²) in [5.74, 6) is 1.53. The molecule has 132 valence electrons. The molecule has 0 unspecified atom stereocenters. The molecule has 1 aromatic heterocycles. The molecule has 24 heavy (non-hydrogen) atoms. The SMILES string of the molecule is CCCCc1cc2ccccc2c(OCCN(C)CCC(C)C)n1. The number of aryl methyl sites for hydroxylation is 1. The van der Waals surface area contributed by atoms with E-state index in [2.05, 4.69) is 63.1 Å². The zero-order valence-electron chi connectivity index (χ0n) is 15.7. The van der Waals surface area contributed by atoms with Crippen LogP contribution in [0.25, 0.3) is 10.8 Å². The van der Waals surface area contributed by atoms with Gasteiger partial charge in [0.15, 0.2) is 0 Å². The summed E-state index contributed by atoms with van der Waals surface area (Å²) in [5, 5.41) is 2.34. The smallest absolute Gasteiger partial charge is 0.221 e. The molecule has 0 saturated carbocycles. The third-order valence-corrected chi connectivity index (χ3v) is 4.34. The van der Waals surface area contributed by atoms with Crippen LogP contribution in [-0.4, -0.2) is 36.6 Å². The number of unbranched alkanes of at least 4 members (excludes halogenated alkanes) is 1. The van der Waals surface area contributed by atoms with E-state index >= 15 is 0 Å². The Hall–Kier alpha value is -1.61. The summed E-state index contributed by atoms with van der Waals surface area (Å²) >= 11 is 0. The van der Waals surface area contributed by atoms with Crippen LogP contribution in [0.3, 0.4) is 0 Å². The van der Waals surface area contributed by atoms with Gasteiger partial charge in [-0.1, -0.05) is 45.4 Å². The normalized spacial score (nSPS) is 11.6. The fourth-order valence-electron chi connectivity index (χ4n) is 2.70. The summed E-state index contributed by atoms with van der Waals surface area (Å²) in [7, 11) is 2.16. The summed E-state index contributed by atoms with van der Waals surface area (Å²) in [6, 6.07) is 10.6.